The summed E-state index contributed by atoms with van der Waals surface area (Å²) >= 11 is 0. The van der Waals surface area contributed by atoms with Crippen LogP contribution in [0.15, 0.2) is 54.6 Å². The summed E-state index contributed by atoms with van der Waals surface area (Å²) in [5.41, 5.74) is 7.33. The second-order valence-electron chi connectivity index (χ2n) is 11.5. The number of carbonyl (C=O) groups is 4. The summed E-state index contributed by atoms with van der Waals surface area (Å²) in [5, 5.41) is 5.52. The number of alkyl carbamates (subject to hydrolysis) is 1. The van der Waals surface area contributed by atoms with Gasteiger partial charge < -0.3 is 26.0 Å². The lowest BCUT2D eigenvalue weighted by molar-refractivity contribution is -0.143. The highest BCUT2D eigenvalue weighted by Gasteiger charge is 2.36. The molecule has 0 fully saturated rings. The van der Waals surface area contributed by atoms with Crippen LogP contribution >= 0.6 is 0 Å². The highest BCUT2D eigenvalue weighted by atomic mass is 16.6. The molecule has 0 radical (unpaired) electrons. The second kappa shape index (κ2) is 17.2. The average molecular weight is 581 g/mol. The molecule has 4 amide bonds. The molecule has 0 bridgehead atoms. The number of hydrogen-bond donors (Lipinski definition) is 3. The molecule has 9 nitrogen and oxygen atoms in total. The van der Waals surface area contributed by atoms with Crippen molar-refractivity contribution in [2.24, 2.45) is 5.73 Å². The highest BCUT2D eigenvalue weighted by molar-refractivity contribution is 5.94. The average Bonchev–Trinajstić information content (AvgIpc) is 2.94. The van der Waals surface area contributed by atoms with Crippen molar-refractivity contribution < 1.29 is 23.9 Å². The first kappa shape index (κ1) is 34.3. The molecule has 230 valence electrons. The largest absolute Gasteiger partial charge is 0.444 e. The number of aryl methyl sites for hydroxylation is 1. The molecule has 0 heterocycles. The highest BCUT2D eigenvalue weighted by Crippen LogP contribution is 2.25. The van der Waals surface area contributed by atoms with Crippen LogP contribution in [0, 0.1) is 0 Å². The Morgan fingerprint density at radius 2 is 1.52 bits per heavy atom. The number of amides is 4. The zero-order valence-corrected chi connectivity index (χ0v) is 25.8. The van der Waals surface area contributed by atoms with Crippen molar-refractivity contribution in [1.29, 1.82) is 0 Å². The normalized spacial score (nSPS) is 12.6. The van der Waals surface area contributed by atoms with E-state index in [2.05, 4.69) is 17.6 Å². The van der Waals surface area contributed by atoms with Crippen molar-refractivity contribution in [2.75, 3.05) is 6.54 Å². The molecule has 42 heavy (non-hydrogen) atoms. The van der Waals surface area contributed by atoms with Crippen LogP contribution in [0.5, 0.6) is 0 Å². The lowest BCUT2D eigenvalue weighted by Crippen LogP contribution is -2.54. The molecule has 9 heteroatoms. The Balaban J connectivity index is 2.48. The van der Waals surface area contributed by atoms with Crippen molar-refractivity contribution in [3.63, 3.8) is 0 Å². The van der Waals surface area contributed by atoms with E-state index >= 15 is 0 Å². The van der Waals surface area contributed by atoms with Crippen LogP contribution in [0.1, 0.15) is 95.9 Å². The van der Waals surface area contributed by atoms with Gasteiger partial charge in [0.05, 0.1) is 6.42 Å². The molecule has 0 aromatic heterocycles. The van der Waals surface area contributed by atoms with Crippen LogP contribution in [0.3, 0.4) is 0 Å². The van der Waals surface area contributed by atoms with Gasteiger partial charge in [-0.25, -0.2) is 4.79 Å². The van der Waals surface area contributed by atoms with E-state index in [4.69, 9.17) is 10.5 Å². The van der Waals surface area contributed by atoms with Crippen LogP contribution in [0.2, 0.25) is 0 Å². The molecular formula is C33H48N4O5. The maximum Gasteiger partial charge on any atom is 0.408 e. The van der Waals surface area contributed by atoms with Gasteiger partial charge in [-0.1, -0.05) is 94.1 Å². The van der Waals surface area contributed by atoms with Gasteiger partial charge in [0.2, 0.25) is 17.7 Å². The number of carbonyl (C=O) groups excluding carboxylic acids is 4. The SMILES string of the molecule is CCCCCCCN(C(=O)C(CC(N)=O)NC(=O)OC(C)(C)C)C(C(=O)NCc1ccccc1)c1ccc(CC)cc1. The first-order chi connectivity index (χ1) is 19.9. The van der Waals surface area contributed by atoms with E-state index in [1.54, 1.807) is 20.8 Å². The molecule has 0 aliphatic carbocycles. The molecular weight excluding hydrogens is 532 g/mol. The standard InChI is InChI=1S/C33H48N4O5/c1-6-8-9-10-14-21-37(31(40)27(22-28(34)38)36-32(41)42-33(3,4)5)29(26-19-17-24(7-2)18-20-26)30(39)35-23-25-15-12-11-13-16-25/h11-13,15-20,27,29H,6-10,14,21-23H2,1-5H3,(H2,34,38)(H,35,39)(H,36,41). The number of hydrogen-bond acceptors (Lipinski definition) is 5. The number of primary amides is 1. The Bertz CT molecular complexity index is 1150. The number of nitrogens with one attached hydrogen (secondary N) is 2. The summed E-state index contributed by atoms with van der Waals surface area (Å²) in [4.78, 5) is 54.3. The maximum absolute atomic E-state index is 14.2. The molecule has 2 unspecified atom stereocenters. The molecule has 0 spiro atoms. The summed E-state index contributed by atoms with van der Waals surface area (Å²) in [6.45, 7) is 9.81. The Kier molecular flexibility index (Phi) is 14.0. The van der Waals surface area contributed by atoms with Crippen molar-refractivity contribution >= 4 is 23.8 Å². The fraction of sp³-hybridized carbons (Fsp3) is 0.515. The first-order valence-electron chi connectivity index (χ1n) is 14.9. The smallest absolute Gasteiger partial charge is 0.408 e. The van der Waals surface area contributed by atoms with E-state index in [1.807, 2.05) is 61.5 Å². The van der Waals surface area contributed by atoms with Crippen LogP contribution < -0.4 is 16.4 Å². The zero-order valence-electron chi connectivity index (χ0n) is 25.8. The second-order valence-corrected chi connectivity index (χ2v) is 11.5. The molecule has 0 saturated heterocycles. The predicted octanol–water partition coefficient (Wildman–Crippen LogP) is 5.17. The van der Waals surface area contributed by atoms with Gasteiger partial charge in [0, 0.05) is 13.1 Å². The van der Waals surface area contributed by atoms with E-state index in [9.17, 15) is 19.2 Å². The van der Waals surface area contributed by atoms with Crippen molar-refractivity contribution in [2.45, 2.75) is 104 Å². The molecule has 2 atom stereocenters. The topological polar surface area (TPSA) is 131 Å². The van der Waals surface area contributed by atoms with Crippen LogP contribution in [0.25, 0.3) is 0 Å². The summed E-state index contributed by atoms with van der Waals surface area (Å²) in [7, 11) is 0. The lowest BCUT2D eigenvalue weighted by atomic mass is 9.99. The van der Waals surface area contributed by atoms with Gasteiger partial charge in [-0.3, -0.25) is 14.4 Å². The predicted molar refractivity (Wildman–Crippen MR) is 164 cm³/mol. The van der Waals surface area contributed by atoms with E-state index in [-0.39, 0.29) is 19.0 Å². The number of nitrogens with zero attached hydrogens (tertiary/aromatic N) is 1. The van der Waals surface area contributed by atoms with Gasteiger partial charge in [0.15, 0.2) is 0 Å². The molecule has 0 aliphatic rings. The summed E-state index contributed by atoms with van der Waals surface area (Å²) in [6.07, 6.45) is 4.19. The molecule has 0 aliphatic heterocycles. The number of benzene rings is 2. The summed E-state index contributed by atoms with van der Waals surface area (Å²) < 4.78 is 5.36. The number of nitrogens with two attached hydrogens (primary N) is 1. The summed E-state index contributed by atoms with van der Waals surface area (Å²) in [6, 6.07) is 14.8. The minimum Gasteiger partial charge on any atom is -0.444 e. The lowest BCUT2D eigenvalue weighted by Gasteiger charge is -2.34. The quantitative estimate of drug-likeness (QED) is 0.236. The minimum absolute atomic E-state index is 0.257. The van der Waals surface area contributed by atoms with Crippen molar-refractivity contribution in [3.05, 3.63) is 71.3 Å². The van der Waals surface area contributed by atoms with E-state index in [0.29, 0.717) is 12.0 Å². The third-order valence-corrected chi connectivity index (χ3v) is 6.75. The van der Waals surface area contributed by atoms with Gasteiger partial charge in [-0.15, -0.1) is 0 Å². The Morgan fingerprint density at radius 3 is 2.10 bits per heavy atom. The maximum atomic E-state index is 14.2. The fourth-order valence-corrected chi connectivity index (χ4v) is 4.59. The van der Waals surface area contributed by atoms with Crippen molar-refractivity contribution in [1.82, 2.24) is 15.5 Å². The van der Waals surface area contributed by atoms with Crippen molar-refractivity contribution in [3.8, 4) is 0 Å². The van der Waals surface area contributed by atoms with Crippen LogP contribution in [0.4, 0.5) is 4.79 Å². The third kappa shape index (κ3) is 11.9. The Hall–Kier alpha value is -3.88. The minimum atomic E-state index is -1.30. The molecule has 2 rings (SSSR count). The van der Waals surface area contributed by atoms with Crippen LogP contribution in [-0.4, -0.2) is 46.9 Å². The summed E-state index contributed by atoms with van der Waals surface area (Å²) in [5.74, 6) is -1.70. The monoisotopic (exact) mass is 580 g/mol. The number of rotatable bonds is 16. The van der Waals surface area contributed by atoms with Crippen LogP contribution in [-0.2, 0) is 32.1 Å². The Morgan fingerprint density at radius 1 is 0.881 bits per heavy atom. The van der Waals surface area contributed by atoms with E-state index in [1.165, 1.54) is 4.90 Å². The first-order valence-corrected chi connectivity index (χ1v) is 14.9. The fourth-order valence-electron chi connectivity index (χ4n) is 4.59. The molecule has 4 N–H and O–H groups in total. The molecule has 2 aromatic rings. The van der Waals surface area contributed by atoms with Gasteiger partial charge in [0.25, 0.3) is 0 Å². The van der Waals surface area contributed by atoms with Gasteiger partial charge >= 0.3 is 6.09 Å². The van der Waals surface area contributed by atoms with Gasteiger partial charge in [-0.05, 0) is 50.3 Å². The molecule has 2 aromatic carbocycles. The molecule has 0 saturated carbocycles. The van der Waals surface area contributed by atoms with Gasteiger partial charge in [-0.2, -0.15) is 0 Å². The van der Waals surface area contributed by atoms with E-state index < -0.39 is 42.0 Å². The third-order valence-electron chi connectivity index (χ3n) is 6.75. The number of ether oxygens (including phenoxy) is 1. The number of unbranched alkanes of at least 4 members (excludes halogenated alkanes) is 4. The Labute approximate surface area is 250 Å². The van der Waals surface area contributed by atoms with E-state index in [0.717, 1.165) is 43.2 Å². The van der Waals surface area contributed by atoms with Gasteiger partial charge in [0.1, 0.15) is 17.7 Å². The zero-order chi connectivity index (χ0) is 31.1.